The van der Waals surface area contributed by atoms with E-state index < -0.39 is 5.97 Å². The van der Waals surface area contributed by atoms with Crippen molar-refractivity contribution in [2.24, 2.45) is 0 Å². The lowest BCUT2D eigenvalue weighted by Gasteiger charge is -2.19. The molecule has 0 atom stereocenters. The molecule has 4 heteroatoms. The zero-order valence-electron chi connectivity index (χ0n) is 8.82. The highest BCUT2D eigenvalue weighted by Gasteiger charge is 2.25. The second-order valence-corrected chi connectivity index (χ2v) is 4.16. The Bertz CT molecular complexity index is 364. The van der Waals surface area contributed by atoms with Crippen LogP contribution in [0.5, 0.6) is 0 Å². The molecule has 2 rings (SSSR count). The van der Waals surface area contributed by atoms with Crippen LogP contribution in [0.3, 0.4) is 0 Å². The molecule has 82 valence electrons. The molecule has 0 unspecified atom stereocenters. The first kappa shape index (κ1) is 10.2. The molecular formula is C11H15NO3. The maximum atomic E-state index is 10.8. The number of hydrogen-bond donors (Lipinski definition) is 1. The zero-order chi connectivity index (χ0) is 10.8. The fourth-order valence-electron chi connectivity index (χ4n) is 2.30. The minimum Gasteiger partial charge on any atom is -0.475 e. The summed E-state index contributed by atoms with van der Waals surface area (Å²) < 4.78 is 4.86. The van der Waals surface area contributed by atoms with E-state index in [4.69, 9.17) is 9.63 Å². The lowest BCUT2D eigenvalue weighted by molar-refractivity contribution is 0.0651. The van der Waals surface area contributed by atoms with Gasteiger partial charge in [0.15, 0.2) is 0 Å². The second kappa shape index (κ2) is 4.04. The molecule has 1 N–H and O–H groups in total. The molecule has 1 aliphatic carbocycles. The Labute approximate surface area is 88.3 Å². The highest BCUT2D eigenvalue weighted by Crippen LogP contribution is 2.34. The standard InChI is InChI=1S/C11H15NO3/c1-7-9(8-5-3-2-4-6-8)12-15-10(7)11(13)14/h8H,2-6H2,1H3,(H,13,14). The van der Waals surface area contributed by atoms with E-state index in [9.17, 15) is 4.79 Å². The number of nitrogens with zero attached hydrogens (tertiary/aromatic N) is 1. The van der Waals surface area contributed by atoms with E-state index in [0.29, 0.717) is 11.5 Å². The quantitative estimate of drug-likeness (QED) is 0.813. The molecule has 1 aliphatic rings. The van der Waals surface area contributed by atoms with Gasteiger partial charge in [0.1, 0.15) is 0 Å². The summed E-state index contributed by atoms with van der Waals surface area (Å²) in [4.78, 5) is 10.8. The highest BCUT2D eigenvalue weighted by molar-refractivity contribution is 5.86. The summed E-state index contributed by atoms with van der Waals surface area (Å²) in [5, 5.41) is 12.7. The molecule has 0 radical (unpaired) electrons. The Hall–Kier alpha value is -1.32. The average molecular weight is 209 g/mol. The number of aromatic nitrogens is 1. The van der Waals surface area contributed by atoms with Gasteiger partial charge in [-0.05, 0) is 19.8 Å². The first-order chi connectivity index (χ1) is 7.20. The molecule has 1 saturated carbocycles. The summed E-state index contributed by atoms with van der Waals surface area (Å²) in [6, 6.07) is 0. The van der Waals surface area contributed by atoms with Crippen LogP contribution in [0.4, 0.5) is 0 Å². The number of carbonyl (C=O) groups is 1. The summed E-state index contributed by atoms with van der Waals surface area (Å²) in [6.07, 6.45) is 5.90. The van der Waals surface area contributed by atoms with Crippen LogP contribution in [0.25, 0.3) is 0 Å². The largest absolute Gasteiger partial charge is 0.475 e. The fourth-order valence-corrected chi connectivity index (χ4v) is 2.30. The molecule has 0 saturated heterocycles. The Morgan fingerprint density at radius 3 is 2.60 bits per heavy atom. The van der Waals surface area contributed by atoms with Gasteiger partial charge in [0.25, 0.3) is 0 Å². The summed E-state index contributed by atoms with van der Waals surface area (Å²) in [6.45, 7) is 1.78. The number of rotatable bonds is 2. The zero-order valence-corrected chi connectivity index (χ0v) is 8.82. The van der Waals surface area contributed by atoms with Gasteiger partial charge < -0.3 is 9.63 Å². The maximum Gasteiger partial charge on any atom is 0.375 e. The first-order valence-electron chi connectivity index (χ1n) is 5.39. The third kappa shape index (κ3) is 1.89. The molecule has 0 amide bonds. The van der Waals surface area contributed by atoms with E-state index in [1.54, 1.807) is 6.92 Å². The minimum atomic E-state index is -1.03. The van der Waals surface area contributed by atoms with Crippen molar-refractivity contribution in [1.29, 1.82) is 0 Å². The predicted molar refractivity (Wildman–Crippen MR) is 54.0 cm³/mol. The second-order valence-electron chi connectivity index (χ2n) is 4.16. The SMILES string of the molecule is Cc1c(C2CCCCC2)noc1C(=O)O. The number of hydrogen-bond acceptors (Lipinski definition) is 3. The predicted octanol–water partition coefficient (Wildman–Crippen LogP) is 2.73. The van der Waals surface area contributed by atoms with Gasteiger partial charge in [-0.15, -0.1) is 0 Å². The van der Waals surface area contributed by atoms with Gasteiger partial charge in [-0.1, -0.05) is 24.4 Å². The van der Waals surface area contributed by atoms with Crippen LogP contribution in [-0.4, -0.2) is 16.2 Å². The van der Waals surface area contributed by atoms with Crippen molar-refractivity contribution in [1.82, 2.24) is 5.16 Å². The van der Waals surface area contributed by atoms with Gasteiger partial charge in [-0.2, -0.15) is 0 Å². The molecule has 1 fully saturated rings. The third-order valence-corrected chi connectivity index (χ3v) is 3.15. The molecule has 0 aromatic carbocycles. The molecule has 0 aliphatic heterocycles. The van der Waals surface area contributed by atoms with Crippen molar-refractivity contribution in [3.05, 3.63) is 17.0 Å². The normalized spacial score (nSPS) is 17.9. The Morgan fingerprint density at radius 2 is 2.07 bits per heavy atom. The summed E-state index contributed by atoms with van der Waals surface area (Å²) >= 11 is 0. The van der Waals surface area contributed by atoms with E-state index in [2.05, 4.69) is 5.16 Å². The molecule has 1 aromatic rings. The van der Waals surface area contributed by atoms with Gasteiger partial charge in [0, 0.05) is 11.5 Å². The van der Waals surface area contributed by atoms with Gasteiger partial charge in [-0.25, -0.2) is 4.79 Å². The van der Waals surface area contributed by atoms with Crippen LogP contribution in [0.2, 0.25) is 0 Å². The van der Waals surface area contributed by atoms with Crippen LogP contribution in [0.1, 0.15) is 59.8 Å². The molecule has 4 nitrogen and oxygen atoms in total. The summed E-state index contributed by atoms with van der Waals surface area (Å²) in [5.41, 5.74) is 1.56. The van der Waals surface area contributed by atoms with E-state index in [1.807, 2.05) is 0 Å². The van der Waals surface area contributed by atoms with E-state index in [1.165, 1.54) is 19.3 Å². The van der Waals surface area contributed by atoms with Gasteiger partial charge >= 0.3 is 5.97 Å². The Kier molecular flexibility index (Phi) is 2.75. The molecule has 0 bridgehead atoms. The summed E-state index contributed by atoms with van der Waals surface area (Å²) in [5.74, 6) is -0.631. The van der Waals surface area contributed by atoms with Crippen molar-refractivity contribution in [3.8, 4) is 0 Å². The summed E-state index contributed by atoms with van der Waals surface area (Å²) in [7, 11) is 0. The molecular weight excluding hydrogens is 194 g/mol. The molecule has 1 heterocycles. The van der Waals surface area contributed by atoms with Crippen molar-refractivity contribution in [2.75, 3.05) is 0 Å². The number of carboxylic acids is 1. The van der Waals surface area contributed by atoms with Gasteiger partial charge in [0.2, 0.25) is 5.76 Å². The van der Waals surface area contributed by atoms with Crippen LogP contribution < -0.4 is 0 Å². The minimum absolute atomic E-state index is 0.00410. The number of carboxylic acid groups (broad SMARTS) is 1. The van der Waals surface area contributed by atoms with Crippen molar-refractivity contribution in [3.63, 3.8) is 0 Å². The van der Waals surface area contributed by atoms with Crippen molar-refractivity contribution < 1.29 is 14.4 Å². The van der Waals surface area contributed by atoms with Crippen LogP contribution in [0.15, 0.2) is 4.52 Å². The van der Waals surface area contributed by atoms with Crippen molar-refractivity contribution in [2.45, 2.75) is 44.9 Å². The van der Waals surface area contributed by atoms with Crippen LogP contribution >= 0.6 is 0 Å². The average Bonchev–Trinajstić information content (AvgIpc) is 2.61. The monoisotopic (exact) mass is 209 g/mol. The van der Waals surface area contributed by atoms with Crippen LogP contribution in [0, 0.1) is 6.92 Å². The first-order valence-corrected chi connectivity index (χ1v) is 5.39. The Balaban J connectivity index is 2.24. The smallest absolute Gasteiger partial charge is 0.375 e. The molecule has 0 spiro atoms. The molecule has 1 aromatic heterocycles. The van der Waals surface area contributed by atoms with Crippen molar-refractivity contribution >= 4 is 5.97 Å². The van der Waals surface area contributed by atoms with Gasteiger partial charge in [0.05, 0.1) is 5.69 Å². The lowest BCUT2D eigenvalue weighted by Crippen LogP contribution is -2.06. The number of aromatic carboxylic acids is 1. The van der Waals surface area contributed by atoms with Gasteiger partial charge in [-0.3, -0.25) is 0 Å². The van der Waals surface area contributed by atoms with E-state index in [-0.39, 0.29) is 5.76 Å². The van der Waals surface area contributed by atoms with E-state index in [0.717, 1.165) is 18.5 Å². The maximum absolute atomic E-state index is 10.8. The Morgan fingerprint density at radius 1 is 1.40 bits per heavy atom. The van der Waals surface area contributed by atoms with Crippen LogP contribution in [-0.2, 0) is 0 Å². The third-order valence-electron chi connectivity index (χ3n) is 3.15. The highest BCUT2D eigenvalue weighted by atomic mass is 16.5. The molecule has 15 heavy (non-hydrogen) atoms. The fraction of sp³-hybridized carbons (Fsp3) is 0.636. The topological polar surface area (TPSA) is 63.3 Å². The van der Waals surface area contributed by atoms with E-state index >= 15 is 0 Å². The lowest BCUT2D eigenvalue weighted by atomic mass is 9.85.